The zero-order chi connectivity index (χ0) is 19.4. The Balaban J connectivity index is 2.15. The minimum Gasteiger partial charge on any atom is -0.493 e. The molecule has 1 aromatic heterocycles. The summed E-state index contributed by atoms with van der Waals surface area (Å²) in [6, 6.07) is 9.52. The van der Waals surface area contributed by atoms with Crippen LogP contribution in [-0.2, 0) is 0 Å². The van der Waals surface area contributed by atoms with E-state index in [1.165, 1.54) is 0 Å². The number of rotatable bonds is 6. The van der Waals surface area contributed by atoms with Crippen LogP contribution in [0.4, 0.5) is 5.69 Å². The number of aryl methyl sites for hydroxylation is 1. The fourth-order valence-corrected chi connectivity index (χ4v) is 2.90. The molecule has 0 bridgehead atoms. The average molecular weight is 363 g/mol. The number of aromatic nitrogens is 2. The Hall–Kier alpha value is -3.46. The molecule has 0 saturated heterocycles. The second-order valence-electron chi connectivity index (χ2n) is 5.83. The zero-order valence-corrected chi connectivity index (χ0v) is 15.8. The molecule has 0 aliphatic carbocycles. The van der Waals surface area contributed by atoms with Gasteiger partial charge in [-0.1, -0.05) is 5.92 Å². The van der Waals surface area contributed by atoms with Gasteiger partial charge in [-0.3, -0.25) is 0 Å². The Morgan fingerprint density at radius 3 is 2.26 bits per heavy atom. The van der Waals surface area contributed by atoms with Crippen LogP contribution in [0, 0.1) is 19.3 Å². The number of nitrogens with zero attached hydrogens (tertiary/aromatic N) is 2. The number of methoxy groups -OCH3 is 3. The third-order valence-corrected chi connectivity index (χ3v) is 4.17. The molecule has 0 fully saturated rings. The Morgan fingerprint density at radius 1 is 0.963 bits per heavy atom. The van der Waals surface area contributed by atoms with E-state index in [-0.39, 0.29) is 0 Å². The molecular weight excluding hydrogens is 342 g/mol. The van der Waals surface area contributed by atoms with Crippen LogP contribution in [0.25, 0.3) is 22.3 Å². The number of hydrogen-bond donors (Lipinski definition) is 1. The number of anilines is 1. The highest BCUT2D eigenvalue weighted by Gasteiger charge is 2.17. The second-order valence-corrected chi connectivity index (χ2v) is 5.83. The molecule has 0 saturated carbocycles. The summed E-state index contributed by atoms with van der Waals surface area (Å²) in [6.07, 6.45) is 5.31. The molecule has 2 aromatic carbocycles. The molecule has 0 spiro atoms. The van der Waals surface area contributed by atoms with E-state index in [4.69, 9.17) is 25.6 Å². The summed E-state index contributed by atoms with van der Waals surface area (Å²) < 4.78 is 16.3. The van der Waals surface area contributed by atoms with Gasteiger partial charge in [0.15, 0.2) is 11.5 Å². The maximum absolute atomic E-state index is 5.45. The number of terminal acetylenes is 1. The third kappa shape index (κ3) is 3.58. The van der Waals surface area contributed by atoms with Crippen LogP contribution >= 0.6 is 0 Å². The summed E-state index contributed by atoms with van der Waals surface area (Å²) >= 11 is 0. The quantitative estimate of drug-likeness (QED) is 0.674. The van der Waals surface area contributed by atoms with E-state index in [0.29, 0.717) is 23.8 Å². The monoisotopic (exact) mass is 363 g/mol. The van der Waals surface area contributed by atoms with Crippen LogP contribution in [0.5, 0.6) is 17.2 Å². The van der Waals surface area contributed by atoms with Gasteiger partial charge in [0.05, 0.1) is 50.3 Å². The molecule has 1 heterocycles. The van der Waals surface area contributed by atoms with Crippen molar-refractivity contribution in [3.8, 4) is 40.8 Å². The van der Waals surface area contributed by atoms with E-state index in [1.807, 2.05) is 37.3 Å². The second kappa shape index (κ2) is 7.83. The molecule has 0 radical (unpaired) electrons. The molecular formula is C21H21N3O3. The third-order valence-electron chi connectivity index (χ3n) is 4.17. The molecule has 0 atom stereocenters. The van der Waals surface area contributed by atoms with E-state index >= 15 is 0 Å². The lowest BCUT2D eigenvalue weighted by Crippen LogP contribution is -2.00. The molecule has 3 aromatic rings. The van der Waals surface area contributed by atoms with Crippen LogP contribution in [0.15, 0.2) is 30.3 Å². The van der Waals surface area contributed by atoms with Gasteiger partial charge in [0, 0.05) is 11.3 Å². The number of ether oxygens (including phenoxy) is 3. The van der Waals surface area contributed by atoms with E-state index in [1.54, 1.807) is 21.3 Å². The van der Waals surface area contributed by atoms with Crippen LogP contribution in [0.1, 0.15) is 5.69 Å². The maximum Gasteiger partial charge on any atom is 0.203 e. The van der Waals surface area contributed by atoms with E-state index in [9.17, 15) is 0 Å². The molecule has 138 valence electrons. The number of fused-ring (bicyclic) bond motifs is 1. The van der Waals surface area contributed by atoms with Crippen LogP contribution < -0.4 is 19.5 Å². The molecule has 1 N–H and O–H groups in total. The predicted octanol–water partition coefficient (Wildman–Crippen LogP) is 3.68. The van der Waals surface area contributed by atoms with Gasteiger partial charge in [0.25, 0.3) is 0 Å². The first kappa shape index (κ1) is 18.3. The lowest BCUT2D eigenvalue weighted by Gasteiger charge is -2.15. The molecule has 0 amide bonds. The Kier molecular flexibility index (Phi) is 5.32. The Morgan fingerprint density at radius 2 is 1.67 bits per heavy atom. The Labute approximate surface area is 158 Å². The summed E-state index contributed by atoms with van der Waals surface area (Å²) in [6.45, 7) is 2.37. The number of nitrogens with one attached hydrogen (secondary N) is 1. The SMILES string of the molecule is C#CCNc1ccc2nc(C)c(-c3cc(OC)c(OC)c(OC)c3)nc2c1. The summed E-state index contributed by atoms with van der Waals surface area (Å²) in [7, 11) is 4.75. The van der Waals surface area contributed by atoms with Gasteiger partial charge < -0.3 is 19.5 Å². The van der Waals surface area contributed by atoms with E-state index < -0.39 is 0 Å². The van der Waals surface area contributed by atoms with Gasteiger partial charge in [-0.15, -0.1) is 6.42 Å². The lowest BCUT2D eigenvalue weighted by molar-refractivity contribution is 0.324. The molecule has 27 heavy (non-hydrogen) atoms. The fourth-order valence-electron chi connectivity index (χ4n) is 2.90. The van der Waals surface area contributed by atoms with Crippen molar-refractivity contribution in [1.29, 1.82) is 0 Å². The molecule has 0 aliphatic rings. The van der Waals surface area contributed by atoms with Crippen LogP contribution in [0.3, 0.4) is 0 Å². The molecule has 6 nitrogen and oxygen atoms in total. The summed E-state index contributed by atoms with van der Waals surface area (Å²) in [5, 5.41) is 3.15. The molecule has 6 heteroatoms. The van der Waals surface area contributed by atoms with Crippen molar-refractivity contribution in [1.82, 2.24) is 9.97 Å². The predicted molar refractivity (Wildman–Crippen MR) is 107 cm³/mol. The molecule has 0 aliphatic heterocycles. The number of hydrogen-bond acceptors (Lipinski definition) is 6. The van der Waals surface area contributed by atoms with Crippen molar-refractivity contribution in [2.24, 2.45) is 0 Å². The highest BCUT2D eigenvalue weighted by atomic mass is 16.5. The topological polar surface area (TPSA) is 65.5 Å². The average Bonchev–Trinajstić information content (AvgIpc) is 2.70. The highest BCUT2D eigenvalue weighted by Crippen LogP contribution is 2.41. The van der Waals surface area contributed by atoms with E-state index in [0.717, 1.165) is 33.7 Å². The van der Waals surface area contributed by atoms with Gasteiger partial charge in [0.1, 0.15) is 0 Å². The van der Waals surface area contributed by atoms with Gasteiger partial charge in [0.2, 0.25) is 5.75 Å². The van der Waals surface area contributed by atoms with Crippen molar-refractivity contribution < 1.29 is 14.2 Å². The first-order valence-corrected chi connectivity index (χ1v) is 8.37. The van der Waals surface area contributed by atoms with Crippen LogP contribution in [0.2, 0.25) is 0 Å². The minimum absolute atomic E-state index is 0.449. The Bertz CT molecular complexity index is 1000. The smallest absolute Gasteiger partial charge is 0.203 e. The first-order valence-electron chi connectivity index (χ1n) is 8.37. The zero-order valence-electron chi connectivity index (χ0n) is 15.8. The highest BCUT2D eigenvalue weighted by molar-refractivity contribution is 5.82. The minimum atomic E-state index is 0.449. The van der Waals surface area contributed by atoms with Crippen molar-refractivity contribution in [2.75, 3.05) is 33.2 Å². The fraction of sp³-hybridized carbons (Fsp3) is 0.238. The van der Waals surface area contributed by atoms with Crippen molar-refractivity contribution in [2.45, 2.75) is 6.92 Å². The normalized spacial score (nSPS) is 10.3. The van der Waals surface area contributed by atoms with E-state index in [2.05, 4.69) is 16.2 Å². The number of benzene rings is 2. The largest absolute Gasteiger partial charge is 0.493 e. The summed E-state index contributed by atoms with van der Waals surface area (Å²) in [5.41, 5.74) is 4.87. The van der Waals surface area contributed by atoms with Gasteiger partial charge >= 0.3 is 0 Å². The standard InChI is InChI=1S/C21H21N3O3/c1-6-9-22-15-7-8-16-17(12-15)24-20(13(2)23-16)14-10-18(25-3)21(27-5)19(11-14)26-4/h1,7-8,10-12,22H,9H2,2-5H3. The summed E-state index contributed by atoms with van der Waals surface area (Å²) in [4.78, 5) is 9.50. The van der Waals surface area contributed by atoms with Crippen molar-refractivity contribution >= 4 is 16.7 Å². The van der Waals surface area contributed by atoms with Gasteiger partial charge in [-0.2, -0.15) is 0 Å². The maximum atomic E-state index is 5.45. The van der Waals surface area contributed by atoms with Crippen molar-refractivity contribution in [3.63, 3.8) is 0 Å². The van der Waals surface area contributed by atoms with Gasteiger partial charge in [-0.25, -0.2) is 9.97 Å². The molecule has 0 unspecified atom stereocenters. The van der Waals surface area contributed by atoms with Crippen molar-refractivity contribution in [3.05, 3.63) is 36.0 Å². The first-order chi connectivity index (χ1) is 13.1. The lowest BCUT2D eigenvalue weighted by atomic mass is 10.1. The summed E-state index contributed by atoms with van der Waals surface area (Å²) in [5.74, 6) is 4.23. The van der Waals surface area contributed by atoms with Crippen LogP contribution in [-0.4, -0.2) is 37.8 Å². The van der Waals surface area contributed by atoms with Gasteiger partial charge in [-0.05, 0) is 37.3 Å². The molecule has 3 rings (SSSR count).